The molecule has 182 valence electrons. The van der Waals surface area contributed by atoms with Crippen LogP contribution < -0.4 is 10.1 Å². The molecule has 0 saturated heterocycles. The summed E-state index contributed by atoms with van der Waals surface area (Å²) in [5.74, 6) is 0.0974. The van der Waals surface area contributed by atoms with Crippen molar-refractivity contribution in [3.63, 3.8) is 0 Å². The van der Waals surface area contributed by atoms with Gasteiger partial charge in [-0.25, -0.2) is 9.79 Å². The number of hydrogen-bond donors (Lipinski definition) is 3. The number of aliphatic imine (C=N–C) groups is 1. The summed E-state index contributed by atoms with van der Waals surface area (Å²) in [6.07, 6.45) is 2.70. The van der Waals surface area contributed by atoms with Crippen molar-refractivity contribution in [1.29, 1.82) is 0 Å². The lowest BCUT2D eigenvalue weighted by molar-refractivity contribution is -0.141. The number of carboxylic acids is 1. The second kappa shape index (κ2) is 15.1. The number of nitrogens with one attached hydrogen (secondary N) is 1. The molecule has 0 unspecified atom stereocenters. The first-order chi connectivity index (χ1) is 16.1. The number of nitrogens with zero attached hydrogens (tertiary/aromatic N) is 1. The number of hydrogen-bond acceptors (Lipinski definition) is 6. The number of rotatable bonds is 12. The van der Waals surface area contributed by atoms with Crippen LogP contribution in [0, 0.1) is 14.3 Å². The van der Waals surface area contributed by atoms with E-state index in [1.807, 2.05) is 57.3 Å². The molecule has 0 fully saturated rings. The quantitative estimate of drug-likeness (QED) is 0.0989. The van der Waals surface area contributed by atoms with Crippen molar-refractivity contribution in [3.05, 3.63) is 44.1 Å². The average Bonchev–Trinajstić information content (AvgIpc) is 2.76. The Labute approximate surface area is 257 Å². The molecule has 0 aliphatic rings. The molecule has 2 rings (SSSR count). The number of phenols is 1. The predicted molar refractivity (Wildman–Crippen MR) is 167 cm³/mol. The molecule has 1 atom stereocenters. The molecule has 0 radical (unpaired) electrons. The van der Waals surface area contributed by atoms with Crippen LogP contribution in [0.4, 0.5) is 0 Å². The van der Waals surface area contributed by atoms with E-state index >= 15 is 0 Å². The number of carbonyl (C=O) groups is 2. The minimum atomic E-state index is -1.08. The number of benzene rings is 2. The molecule has 1 amide bonds. The Bertz CT molecular complexity index is 1060. The van der Waals surface area contributed by atoms with Crippen molar-refractivity contribution >= 4 is 120 Å². The Morgan fingerprint density at radius 1 is 1.03 bits per heavy atom. The molecule has 0 aromatic heterocycles. The normalized spacial score (nSPS) is 11.4. The van der Waals surface area contributed by atoms with E-state index in [1.54, 1.807) is 12.1 Å². The van der Waals surface area contributed by atoms with Crippen LogP contribution in [-0.2, 0) is 16.0 Å². The summed E-state index contributed by atoms with van der Waals surface area (Å²) in [5, 5.41) is 24.5. The number of phenolic OH excluding ortho intramolecular Hbond substituents is 1. The molecule has 34 heavy (non-hydrogen) atoms. The lowest BCUT2D eigenvalue weighted by atomic mass is 10.1. The largest absolute Gasteiger partial charge is 0.506 e. The number of carboxylic acid groups (broad SMARTS) is 1. The van der Waals surface area contributed by atoms with Crippen LogP contribution in [0.25, 0.3) is 0 Å². The Morgan fingerprint density at radius 3 is 2.21 bits per heavy atom. The monoisotopic (exact) mass is 932 g/mol. The number of aliphatic carboxylic acids is 1. The summed E-state index contributed by atoms with van der Waals surface area (Å²) in [4.78, 5) is 27.8. The van der Waals surface area contributed by atoms with Gasteiger partial charge in [0.15, 0.2) is 5.75 Å². The van der Waals surface area contributed by atoms with Gasteiger partial charge in [0.05, 0.1) is 19.4 Å². The van der Waals surface area contributed by atoms with E-state index in [2.05, 4.69) is 72.9 Å². The highest BCUT2D eigenvalue weighted by Crippen LogP contribution is 2.37. The molecule has 7 nitrogen and oxygen atoms in total. The Kier molecular flexibility index (Phi) is 13.3. The fraction of sp³-hybridized carbons (Fsp3) is 0.318. The maximum absolute atomic E-state index is 12.2. The lowest BCUT2D eigenvalue weighted by Crippen LogP contribution is -2.42. The molecular formula is C22H20I4N2O5S. The molecule has 0 aliphatic carbocycles. The third kappa shape index (κ3) is 9.63. The predicted octanol–water partition coefficient (Wildman–Crippen LogP) is 6.38. The van der Waals surface area contributed by atoms with Crippen LogP contribution in [0.5, 0.6) is 17.2 Å². The number of thiocarbonyl (C=S) groups is 1. The van der Waals surface area contributed by atoms with Crippen molar-refractivity contribution in [1.82, 2.24) is 5.32 Å². The highest BCUT2D eigenvalue weighted by molar-refractivity contribution is 14.1. The van der Waals surface area contributed by atoms with Crippen LogP contribution >= 0.6 is 103 Å². The zero-order chi connectivity index (χ0) is 25.3. The van der Waals surface area contributed by atoms with Gasteiger partial charge in [0, 0.05) is 19.4 Å². The molecule has 0 bridgehead atoms. The van der Waals surface area contributed by atoms with Gasteiger partial charge in [0.2, 0.25) is 5.91 Å². The smallest absolute Gasteiger partial charge is 0.326 e. The van der Waals surface area contributed by atoms with Crippen molar-refractivity contribution in [2.75, 3.05) is 6.54 Å². The van der Waals surface area contributed by atoms with E-state index in [0.717, 1.165) is 25.5 Å². The number of ether oxygens (including phenoxy) is 1. The minimum absolute atomic E-state index is 0.158. The SMILES string of the molecule is O=C(CCCCCN=C=S)N[C@@H](Cc1cc(I)c(Oc2cc(I)c(O)c(I)c2)c(I)c1)C(=O)O. The molecule has 12 heteroatoms. The van der Waals surface area contributed by atoms with E-state index in [1.165, 1.54) is 0 Å². The Hall–Kier alpha value is -0.300. The topological polar surface area (TPSA) is 108 Å². The van der Waals surface area contributed by atoms with Gasteiger partial charge in [-0.2, -0.15) is 0 Å². The molecular weight excluding hydrogens is 912 g/mol. The van der Waals surface area contributed by atoms with Crippen molar-refractivity contribution in [3.8, 4) is 17.2 Å². The highest BCUT2D eigenvalue weighted by Gasteiger charge is 2.22. The molecule has 0 aliphatic heterocycles. The average molecular weight is 932 g/mol. The van der Waals surface area contributed by atoms with Crippen LogP contribution in [0.1, 0.15) is 31.2 Å². The summed E-state index contributed by atoms with van der Waals surface area (Å²) in [5.41, 5.74) is 0.779. The molecule has 0 saturated carbocycles. The van der Waals surface area contributed by atoms with Crippen LogP contribution in [0.15, 0.2) is 29.3 Å². The summed E-state index contributed by atoms with van der Waals surface area (Å²) in [6.45, 7) is 0.588. The molecule has 3 N–H and O–H groups in total. The van der Waals surface area contributed by atoms with E-state index in [9.17, 15) is 19.8 Å². The minimum Gasteiger partial charge on any atom is -0.506 e. The van der Waals surface area contributed by atoms with Crippen molar-refractivity contribution < 1.29 is 24.5 Å². The number of aromatic hydroxyl groups is 1. The number of unbranched alkanes of at least 4 members (excludes halogenated alkanes) is 2. The van der Waals surface area contributed by atoms with Crippen LogP contribution in [0.3, 0.4) is 0 Å². The van der Waals surface area contributed by atoms with Crippen LogP contribution in [-0.4, -0.2) is 39.8 Å². The maximum Gasteiger partial charge on any atom is 0.326 e. The standard InChI is InChI=1S/C22H20I4N2O5S/c23-14-9-13(10-15(24)20(14)30)33-21-16(25)6-12(7-17(21)26)8-18(22(31)32)28-19(29)4-2-1-3-5-27-11-34/h6-7,9-10,18,30H,1-5,8H2,(H,28,29)(H,31,32)/t18-/m0/s1. The number of isothiocyanates is 1. The Balaban J connectivity index is 2.04. The second-order valence-electron chi connectivity index (χ2n) is 7.17. The molecule has 2 aromatic rings. The van der Waals surface area contributed by atoms with Gasteiger partial charge >= 0.3 is 5.97 Å². The fourth-order valence-electron chi connectivity index (χ4n) is 2.95. The van der Waals surface area contributed by atoms with Crippen LogP contribution in [0.2, 0.25) is 0 Å². The third-order valence-corrected chi connectivity index (χ3v) is 7.96. The highest BCUT2D eigenvalue weighted by atomic mass is 127. The van der Waals surface area contributed by atoms with E-state index in [0.29, 0.717) is 31.6 Å². The van der Waals surface area contributed by atoms with Gasteiger partial charge in [0.1, 0.15) is 17.5 Å². The van der Waals surface area contributed by atoms with Gasteiger partial charge in [-0.3, -0.25) is 4.79 Å². The zero-order valence-corrected chi connectivity index (χ0v) is 27.1. The summed E-state index contributed by atoms with van der Waals surface area (Å²) in [7, 11) is 0. The van der Waals surface area contributed by atoms with Gasteiger partial charge < -0.3 is 20.3 Å². The summed E-state index contributed by atoms with van der Waals surface area (Å²) in [6, 6.07) is 6.18. The fourth-order valence-corrected chi connectivity index (χ4v) is 6.87. The molecule has 0 heterocycles. The van der Waals surface area contributed by atoms with E-state index in [4.69, 9.17) is 4.74 Å². The number of carbonyl (C=O) groups excluding carboxylic acids is 1. The second-order valence-corrected chi connectivity index (χ2v) is 12.0. The number of halogens is 4. The van der Waals surface area contributed by atoms with E-state index in [-0.39, 0.29) is 24.5 Å². The third-order valence-electron chi connectivity index (χ3n) is 4.58. The molecule has 2 aromatic carbocycles. The first-order valence-corrected chi connectivity index (χ1v) is 14.7. The van der Waals surface area contributed by atoms with Gasteiger partial charge in [0.25, 0.3) is 0 Å². The zero-order valence-electron chi connectivity index (χ0n) is 17.6. The lowest BCUT2D eigenvalue weighted by Gasteiger charge is -2.17. The summed E-state index contributed by atoms with van der Waals surface area (Å²) >= 11 is 12.9. The van der Waals surface area contributed by atoms with Crippen molar-refractivity contribution in [2.24, 2.45) is 4.99 Å². The van der Waals surface area contributed by atoms with Gasteiger partial charge in [-0.1, -0.05) is 6.42 Å². The first-order valence-electron chi connectivity index (χ1n) is 10.0. The van der Waals surface area contributed by atoms with Gasteiger partial charge in [-0.15, -0.1) is 0 Å². The maximum atomic E-state index is 12.2. The number of amides is 1. The van der Waals surface area contributed by atoms with E-state index < -0.39 is 12.0 Å². The van der Waals surface area contributed by atoms with Crippen molar-refractivity contribution in [2.45, 2.75) is 38.1 Å². The van der Waals surface area contributed by atoms with Gasteiger partial charge in [-0.05, 0) is 145 Å². The molecule has 0 spiro atoms. The summed E-state index contributed by atoms with van der Waals surface area (Å²) < 4.78 is 9.06. The first kappa shape index (κ1) is 29.9. The Morgan fingerprint density at radius 2 is 1.65 bits per heavy atom.